The van der Waals surface area contributed by atoms with Crippen LogP contribution in [0.15, 0.2) is 6.20 Å². The number of carbonyl (C=O) groups excluding carboxylic acids is 1. The van der Waals surface area contributed by atoms with Crippen LogP contribution in [0.5, 0.6) is 0 Å². The predicted molar refractivity (Wildman–Crippen MR) is 97.5 cm³/mol. The standard InChI is InChI=1S/C19H29N5O/c1-12(2)9-24-15(5)17(14(4)22-24)8-19(25)21-16-6-7-18-20-13(3)10-23(18)11-16/h10,12,16H,6-9,11H2,1-5H3,(H,21,25)/t16-/m0/s1. The van der Waals surface area contributed by atoms with Crippen molar-refractivity contribution in [1.29, 1.82) is 0 Å². The molecular formula is C19H29N5O. The molecule has 0 saturated heterocycles. The molecule has 0 aromatic carbocycles. The van der Waals surface area contributed by atoms with Crippen molar-refractivity contribution in [2.45, 2.75) is 73.0 Å². The Labute approximate surface area is 149 Å². The SMILES string of the molecule is Cc1cn2c(n1)CC[C@H](NC(=O)Cc1c(C)nn(CC(C)C)c1C)C2. The Morgan fingerprint density at radius 3 is 2.84 bits per heavy atom. The van der Waals surface area contributed by atoms with Crippen LogP contribution in [0.2, 0.25) is 0 Å². The van der Waals surface area contributed by atoms with E-state index in [1.165, 1.54) is 0 Å². The fraction of sp³-hybridized carbons (Fsp3) is 0.632. The number of imidazole rings is 1. The first-order valence-electron chi connectivity index (χ1n) is 9.18. The van der Waals surface area contributed by atoms with E-state index >= 15 is 0 Å². The van der Waals surface area contributed by atoms with Gasteiger partial charge in [-0.15, -0.1) is 0 Å². The first-order chi connectivity index (χ1) is 11.8. The molecule has 1 aliphatic heterocycles. The molecule has 0 spiro atoms. The number of rotatable bonds is 5. The second-order valence-corrected chi connectivity index (χ2v) is 7.66. The van der Waals surface area contributed by atoms with E-state index in [0.29, 0.717) is 12.3 Å². The van der Waals surface area contributed by atoms with Gasteiger partial charge in [-0.05, 0) is 33.1 Å². The summed E-state index contributed by atoms with van der Waals surface area (Å²) in [5, 5.41) is 7.80. The van der Waals surface area contributed by atoms with Crippen molar-refractivity contribution in [3.05, 3.63) is 34.7 Å². The number of nitrogens with zero attached hydrogens (tertiary/aromatic N) is 4. The molecule has 2 aromatic rings. The van der Waals surface area contributed by atoms with Crippen molar-refractivity contribution in [2.24, 2.45) is 5.92 Å². The van der Waals surface area contributed by atoms with Crippen LogP contribution in [-0.4, -0.2) is 31.3 Å². The van der Waals surface area contributed by atoms with E-state index in [-0.39, 0.29) is 11.9 Å². The van der Waals surface area contributed by atoms with Gasteiger partial charge in [-0.25, -0.2) is 4.98 Å². The lowest BCUT2D eigenvalue weighted by molar-refractivity contribution is -0.121. The lowest BCUT2D eigenvalue weighted by Crippen LogP contribution is -2.41. The van der Waals surface area contributed by atoms with Gasteiger partial charge in [-0.3, -0.25) is 9.48 Å². The summed E-state index contributed by atoms with van der Waals surface area (Å²) in [6.45, 7) is 12.1. The highest BCUT2D eigenvalue weighted by Crippen LogP contribution is 2.17. The van der Waals surface area contributed by atoms with Crippen molar-refractivity contribution < 1.29 is 4.79 Å². The highest BCUT2D eigenvalue weighted by Gasteiger charge is 2.22. The fourth-order valence-electron chi connectivity index (χ4n) is 3.66. The summed E-state index contributed by atoms with van der Waals surface area (Å²) in [5.41, 5.74) is 4.18. The molecule has 1 amide bonds. The number of aryl methyl sites for hydroxylation is 3. The number of carbonyl (C=O) groups is 1. The molecule has 1 aliphatic rings. The summed E-state index contributed by atoms with van der Waals surface area (Å²) in [6.07, 6.45) is 4.34. The lowest BCUT2D eigenvalue weighted by Gasteiger charge is -2.24. The highest BCUT2D eigenvalue weighted by atomic mass is 16.1. The lowest BCUT2D eigenvalue weighted by atomic mass is 10.1. The van der Waals surface area contributed by atoms with Crippen LogP contribution < -0.4 is 5.32 Å². The van der Waals surface area contributed by atoms with Crippen LogP contribution in [0.1, 0.15) is 48.7 Å². The van der Waals surface area contributed by atoms with Gasteiger partial charge in [-0.2, -0.15) is 5.10 Å². The predicted octanol–water partition coefficient (Wildman–Crippen LogP) is 2.33. The summed E-state index contributed by atoms with van der Waals surface area (Å²) in [6, 6.07) is 0.180. The maximum atomic E-state index is 12.6. The van der Waals surface area contributed by atoms with Crippen molar-refractivity contribution in [1.82, 2.24) is 24.6 Å². The second kappa shape index (κ2) is 7.02. The van der Waals surface area contributed by atoms with E-state index in [1.54, 1.807) is 0 Å². The number of hydrogen-bond donors (Lipinski definition) is 1. The van der Waals surface area contributed by atoms with Gasteiger partial charge in [-0.1, -0.05) is 13.8 Å². The maximum Gasteiger partial charge on any atom is 0.224 e. The zero-order chi connectivity index (χ0) is 18.1. The van der Waals surface area contributed by atoms with E-state index in [9.17, 15) is 4.79 Å². The van der Waals surface area contributed by atoms with Gasteiger partial charge in [0.1, 0.15) is 5.82 Å². The van der Waals surface area contributed by atoms with E-state index in [1.807, 2.05) is 18.5 Å². The minimum Gasteiger partial charge on any atom is -0.351 e. The molecule has 25 heavy (non-hydrogen) atoms. The molecule has 0 fully saturated rings. The number of nitrogens with one attached hydrogen (secondary N) is 1. The second-order valence-electron chi connectivity index (χ2n) is 7.66. The smallest absolute Gasteiger partial charge is 0.224 e. The topological polar surface area (TPSA) is 64.7 Å². The molecule has 2 aromatic heterocycles. The van der Waals surface area contributed by atoms with Crippen molar-refractivity contribution in [3.63, 3.8) is 0 Å². The van der Waals surface area contributed by atoms with Gasteiger partial charge in [0.25, 0.3) is 0 Å². The van der Waals surface area contributed by atoms with E-state index in [4.69, 9.17) is 0 Å². The fourth-order valence-corrected chi connectivity index (χ4v) is 3.66. The van der Waals surface area contributed by atoms with Crippen LogP contribution >= 0.6 is 0 Å². The third kappa shape index (κ3) is 3.94. The Morgan fingerprint density at radius 2 is 2.12 bits per heavy atom. The number of amides is 1. The molecule has 1 N–H and O–H groups in total. The first-order valence-corrected chi connectivity index (χ1v) is 9.18. The average molecular weight is 343 g/mol. The summed E-state index contributed by atoms with van der Waals surface area (Å²) < 4.78 is 4.20. The molecule has 0 radical (unpaired) electrons. The summed E-state index contributed by atoms with van der Waals surface area (Å²) in [4.78, 5) is 17.1. The quantitative estimate of drug-likeness (QED) is 0.906. The molecule has 6 heteroatoms. The van der Waals surface area contributed by atoms with E-state index in [2.05, 4.69) is 46.9 Å². The maximum absolute atomic E-state index is 12.6. The van der Waals surface area contributed by atoms with Gasteiger partial charge in [0, 0.05) is 43.0 Å². The number of hydrogen-bond acceptors (Lipinski definition) is 3. The van der Waals surface area contributed by atoms with Gasteiger partial charge in [0.05, 0.1) is 17.8 Å². The Bertz CT molecular complexity index is 771. The molecule has 0 unspecified atom stereocenters. The first kappa shape index (κ1) is 17.7. The van der Waals surface area contributed by atoms with Crippen LogP contribution in [0, 0.1) is 26.7 Å². The van der Waals surface area contributed by atoms with Gasteiger partial charge >= 0.3 is 0 Å². The minimum atomic E-state index is 0.0839. The molecule has 0 bridgehead atoms. The summed E-state index contributed by atoms with van der Waals surface area (Å²) in [5.74, 6) is 1.75. The Morgan fingerprint density at radius 1 is 1.36 bits per heavy atom. The van der Waals surface area contributed by atoms with Crippen LogP contribution in [0.3, 0.4) is 0 Å². The van der Waals surface area contributed by atoms with Gasteiger partial charge in [0.15, 0.2) is 0 Å². The molecule has 1 atom stereocenters. The summed E-state index contributed by atoms with van der Waals surface area (Å²) >= 11 is 0. The number of fused-ring (bicyclic) bond motifs is 1. The normalized spacial score (nSPS) is 17.0. The molecule has 0 aliphatic carbocycles. The molecule has 3 rings (SSSR count). The average Bonchev–Trinajstić information content (AvgIpc) is 3.00. The third-order valence-corrected chi connectivity index (χ3v) is 4.88. The molecular weight excluding hydrogens is 314 g/mol. The monoisotopic (exact) mass is 343 g/mol. The largest absolute Gasteiger partial charge is 0.351 e. The molecule has 136 valence electrons. The van der Waals surface area contributed by atoms with Crippen LogP contribution in [0.4, 0.5) is 0 Å². The zero-order valence-corrected chi connectivity index (χ0v) is 16.0. The van der Waals surface area contributed by atoms with Crippen molar-refractivity contribution in [2.75, 3.05) is 0 Å². The van der Waals surface area contributed by atoms with Gasteiger partial charge < -0.3 is 9.88 Å². The Kier molecular flexibility index (Phi) is 4.97. The van der Waals surface area contributed by atoms with Crippen molar-refractivity contribution in [3.8, 4) is 0 Å². The van der Waals surface area contributed by atoms with E-state index < -0.39 is 0 Å². The molecule has 3 heterocycles. The number of aromatic nitrogens is 4. The molecule has 6 nitrogen and oxygen atoms in total. The van der Waals surface area contributed by atoms with Crippen LogP contribution in [0.25, 0.3) is 0 Å². The van der Waals surface area contributed by atoms with E-state index in [0.717, 1.165) is 54.4 Å². The van der Waals surface area contributed by atoms with Crippen molar-refractivity contribution >= 4 is 5.91 Å². The Balaban J connectivity index is 1.63. The third-order valence-electron chi connectivity index (χ3n) is 4.88. The Hall–Kier alpha value is -2.11. The summed E-state index contributed by atoms with van der Waals surface area (Å²) in [7, 11) is 0. The minimum absolute atomic E-state index is 0.0839. The molecule has 0 saturated carbocycles. The highest BCUT2D eigenvalue weighted by molar-refractivity contribution is 5.79. The van der Waals surface area contributed by atoms with Crippen LogP contribution in [-0.2, 0) is 30.7 Å². The van der Waals surface area contributed by atoms with Gasteiger partial charge in [0.2, 0.25) is 5.91 Å². The zero-order valence-electron chi connectivity index (χ0n) is 16.0.